The third-order valence-electron chi connectivity index (χ3n) is 1.13. The fourth-order valence-electron chi connectivity index (χ4n) is 0.635. The van der Waals surface area contributed by atoms with Gasteiger partial charge < -0.3 is 10.1 Å². The molecule has 1 rings (SSSR count). The van der Waals surface area contributed by atoms with Gasteiger partial charge in [-0.15, -0.1) is 0 Å². The highest BCUT2D eigenvalue weighted by Gasteiger charge is 1.99. The first-order chi connectivity index (χ1) is 6.87. The van der Waals surface area contributed by atoms with E-state index in [-0.39, 0.29) is 5.75 Å². The van der Waals surface area contributed by atoms with Crippen molar-refractivity contribution in [3.8, 4) is 5.75 Å². The second-order valence-electron chi connectivity index (χ2n) is 1.97. The summed E-state index contributed by atoms with van der Waals surface area (Å²) in [6, 6.07) is 5.97. The molecular weight excluding hydrogens is 178 g/mol. The summed E-state index contributed by atoms with van der Waals surface area (Å²) in [7, 11) is 0. The van der Waals surface area contributed by atoms with Gasteiger partial charge in [0.25, 0.3) is 0 Å². The molecule has 0 aromatic heterocycles. The molecule has 0 fully saturated rings. The Labute approximate surface area is 79.5 Å². The second kappa shape index (κ2) is 3.97. The Morgan fingerprint density at radius 3 is 2.83 bits per heavy atom. The van der Waals surface area contributed by atoms with Crippen LogP contribution in [-0.4, -0.2) is 13.1 Å². The van der Waals surface area contributed by atoms with Gasteiger partial charge in [0.2, 0.25) is 0 Å². The van der Waals surface area contributed by atoms with Crippen LogP contribution in [-0.2, 0) is 0 Å². The van der Waals surface area contributed by atoms with Crippen molar-refractivity contribution < 1.29 is 13.6 Å². The molecule has 1 aromatic rings. The largest absolute Gasteiger partial charge is 0.412 e. The Morgan fingerprint density at radius 2 is 2.25 bits per heavy atom. The number of hydrogen-bond acceptors (Lipinski definition) is 2. The summed E-state index contributed by atoms with van der Waals surface area (Å²) in [5, 5.41) is 2.19. The minimum absolute atomic E-state index is 0.223. The molecular formula is C8H8ClNO2. The predicted molar refractivity (Wildman–Crippen MR) is 46.5 cm³/mol. The highest BCUT2D eigenvalue weighted by atomic mass is 35.5. The summed E-state index contributed by atoms with van der Waals surface area (Å²) in [6.07, 6.45) is -1.03. The van der Waals surface area contributed by atoms with Crippen molar-refractivity contribution in [3.63, 3.8) is 0 Å². The number of ether oxygens (including phenoxy) is 1. The average molecular weight is 189 g/mol. The number of carbonyl (C=O) groups is 1. The molecule has 0 heterocycles. The molecule has 0 saturated heterocycles. The second-order valence-corrected chi connectivity index (χ2v) is 2.40. The van der Waals surface area contributed by atoms with Gasteiger partial charge >= 0.3 is 6.09 Å². The van der Waals surface area contributed by atoms with Crippen LogP contribution in [0.25, 0.3) is 0 Å². The molecule has 0 aliphatic carbocycles. The first kappa shape index (κ1) is 5.43. The van der Waals surface area contributed by atoms with Crippen molar-refractivity contribution in [1.29, 1.82) is 0 Å². The van der Waals surface area contributed by atoms with Crippen molar-refractivity contribution in [2.24, 2.45) is 0 Å². The van der Waals surface area contributed by atoms with Crippen molar-refractivity contribution in [3.05, 3.63) is 29.3 Å². The number of benzene rings is 1. The minimum Gasteiger partial charge on any atom is -0.410 e. The highest BCUT2D eigenvalue weighted by Crippen LogP contribution is 2.15. The van der Waals surface area contributed by atoms with Crippen LogP contribution >= 0.6 is 11.6 Å². The molecule has 3 nitrogen and oxygen atoms in total. The molecule has 0 atom stereocenters. The Hall–Kier alpha value is -1.22. The summed E-state index contributed by atoms with van der Waals surface area (Å²) in [6.45, 7) is -2.55. The molecule has 0 unspecified atom stereocenters. The van der Waals surface area contributed by atoms with Gasteiger partial charge in [-0.2, -0.15) is 0 Å². The maximum absolute atomic E-state index is 11.0. The number of amides is 1. The van der Waals surface area contributed by atoms with E-state index in [4.69, 9.17) is 15.7 Å². The summed E-state index contributed by atoms with van der Waals surface area (Å²) in [5.41, 5.74) is 0. The van der Waals surface area contributed by atoms with Gasteiger partial charge in [-0.3, -0.25) is 0 Å². The third kappa shape index (κ3) is 2.43. The Kier molecular flexibility index (Phi) is 1.80. The SMILES string of the molecule is [2H]C([2H])([2H])NC(=O)Oc1ccc(Cl)cc1. The molecule has 1 aromatic carbocycles. The molecule has 0 aliphatic heterocycles. The Bertz CT molecular complexity index is 350. The first-order valence-corrected chi connectivity index (χ1v) is 3.50. The van der Waals surface area contributed by atoms with Crippen molar-refractivity contribution in [2.75, 3.05) is 6.98 Å². The lowest BCUT2D eigenvalue weighted by atomic mass is 10.3. The fourth-order valence-corrected chi connectivity index (χ4v) is 0.761. The summed E-state index contributed by atoms with van der Waals surface area (Å²) in [4.78, 5) is 11.0. The topological polar surface area (TPSA) is 38.3 Å². The summed E-state index contributed by atoms with van der Waals surface area (Å²) in [5.74, 6) is 0.223. The number of hydrogen-bond donors (Lipinski definition) is 1. The van der Waals surface area contributed by atoms with Gasteiger partial charge in [-0.1, -0.05) is 11.6 Å². The lowest BCUT2D eigenvalue weighted by Gasteiger charge is -2.01. The number of halogens is 1. The quantitative estimate of drug-likeness (QED) is 0.733. The van der Waals surface area contributed by atoms with E-state index in [0.717, 1.165) is 0 Å². The Morgan fingerprint density at radius 1 is 1.58 bits per heavy atom. The minimum atomic E-state index is -2.55. The molecule has 4 heteroatoms. The number of nitrogens with one attached hydrogen (secondary N) is 1. The smallest absolute Gasteiger partial charge is 0.410 e. The summed E-state index contributed by atoms with van der Waals surface area (Å²) < 4.78 is 25.0. The summed E-state index contributed by atoms with van der Waals surface area (Å²) >= 11 is 5.61. The molecule has 64 valence electrons. The zero-order valence-electron chi connectivity index (χ0n) is 9.00. The van der Waals surface area contributed by atoms with Crippen LogP contribution in [0, 0.1) is 0 Å². The molecule has 1 amide bonds. The van der Waals surface area contributed by atoms with Crippen LogP contribution < -0.4 is 10.1 Å². The Balaban J connectivity index is 2.55. The van der Waals surface area contributed by atoms with Crippen molar-refractivity contribution in [2.45, 2.75) is 0 Å². The van der Waals surface area contributed by atoms with Gasteiger partial charge in [-0.25, -0.2) is 4.79 Å². The molecule has 1 N–H and O–H groups in total. The van der Waals surface area contributed by atoms with Gasteiger partial charge in [0.15, 0.2) is 0 Å². The molecule has 0 saturated carbocycles. The highest BCUT2D eigenvalue weighted by molar-refractivity contribution is 6.30. The van der Waals surface area contributed by atoms with E-state index < -0.39 is 13.1 Å². The monoisotopic (exact) mass is 188 g/mol. The van der Waals surface area contributed by atoms with Gasteiger partial charge in [-0.05, 0) is 24.3 Å². The van der Waals surface area contributed by atoms with Crippen LogP contribution in [0.5, 0.6) is 5.75 Å². The van der Waals surface area contributed by atoms with Crippen LogP contribution in [0.15, 0.2) is 24.3 Å². The van der Waals surface area contributed by atoms with Crippen LogP contribution in [0.3, 0.4) is 0 Å². The average Bonchev–Trinajstić information content (AvgIpc) is 2.05. The van der Waals surface area contributed by atoms with Crippen LogP contribution in [0.4, 0.5) is 4.79 Å². The van der Waals surface area contributed by atoms with E-state index in [9.17, 15) is 4.79 Å². The maximum atomic E-state index is 11.0. The zero-order valence-corrected chi connectivity index (χ0v) is 6.76. The molecule has 0 radical (unpaired) electrons. The van der Waals surface area contributed by atoms with E-state index in [2.05, 4.69) is 4.74 Å². The number of rotatable bonds is 1. The van der Waals surface area contributed by atoms with E-state index in [0.29, 0.717) is 5.02 Å². The molecule has 12 heavy (non-hydrogen) atoms. The zero-order chi connectivity index (χ0) is 11.5. The lowest BCUT2D eigenvalue weighted by molar-refractivity contribution is 0.203. The maximum Gasteiger partial charge on any atom is 0.412 e. The van der Waals surface area contributed by atoms with Gasteiger partial charge in [0, 0.05) is 16.1 Å². The van der Waals surface area contributed by atoms with E-state index in [1.165, 1.54) is 24.3 Å². The van der Waals surface area contributed by atoms with Gasteiger partial charge in [0.1, 0.15) is 5.75 Å². The molecule has 0 spiro atoms. The molecule has 0 bridgehead atoms. The van der Waals surface area contributed by atoms with E-state index >= 15 is 0 Å². The van der Waals surface area contributed by atoms with Crippen molar-refractivity contribution >= 4 is 17.7 Å². The van der Waals surface area contributed by atoms with Crippen LogP contribution in [0.1, 0.15) is 4.11 Å². The lowest BCUT2D eigenvalue weighted by Crippen LogP contribution is -2.21. The third-order valence-corrected chi connectivity index (χ3v) is 1.38. The first-order valence-electron chi connectivity index (χ1n) is 4.62. The van der Waals surface area contributed by atoms with E-state index in [1.807, 2.05) is 0 Å². The standard InChI is InChI=1S/C8H8ClNO2/c1-10-8(11)12-7-4-2-6(9)3-5-7/h2-5H,1H3,(H,10,11)/i1D3. The van der Waals surface area contributed by atoms with Crippen LogP contribution in [0.2, 0.25) is 5.02 Å². The van der Waals surface area contributed by atoms with Gasteiger partial charge in [0.05, 0.1) is 0 Å². The van der Waals surface area contributed by atoms with Crippen molar-refractivity contribution in [1.82, 2.24) is 5.32 Å². The fraction of sp³-hybridized carbons (Fsp3) is 0.125. The molecule has 0 aliphatic rings. The van der Waals surface area contributed by atoms with E-state index in [1.54, 1.807) is 5.32 Å². The number of carbonyl (C=O) groups excluding carboxylic acids is 1. The predicted octanol–water partition coefficient (Wildman–Crippen LogP) is 2.06. The normalized spacial score (nSPS) is 13.9.